The zero-order valence-electron chi connectivity index (χ0n) is 13.8. The highest BCUT2D eigenvalue weighted by Crippen LogP contribution is 2.34. The third-order valence-electron chi connectivity index (χ3n) is 3.61. The molecule has 10 heteroatoms. The summed E-state index contributed by atoms with van der Waals surface area (Å²) in [7, 11) is 0. The van der Waals surface area contributed by atoms with Crippen molar-refractivity contribution in [1.82, 2.24) is 15.5 Å². The first-order valence-corrected chi connectivity index (χ1v) is 10.2. The first kappa shape index (κ1) is 19.1. The molecule has 1 saturated heterocycles. The van der Waals surface area contributed by atoms with E-state index in [0.717, 1.165) is 11.8 Å². The quantitative estimate of drug-likeness (QED) is 0.531. The molecule has 1 aromatic heterocycles. The lowest BCUT2D eigenvalue weighted by atomic mass is 10.2. The summed E-state index contributed by atoms with van der Waals surface area (Å²) in [5.74, 6) is -0.665. The van der Waals surface area contributed by atoms with Crippen molar-refractivity contribution >= 4 is 68.6 Å². The largest absolute Gasteiger partial charge is 0.300 e. The Bertz CT molecular complexity index is 1130. The molecule has 2 heterocycles. The summed E-state index contributed by atoms with van der Waals surface area (Å²) in [5, 5.41) is 12.8. The fraction of sp³-hybridized carbons (Fsp3) is 0. The van der Waals surface area contributed by atoms with Gasteiger partial charge in [-0.2, -0.15) is 4.99 Å². The number of hydrogen-bond donors (Lipinski definition) is 1. The number of carbonyl (C=O) groups is 1. The highest BCUT2D eigenvalue weighted by molar-refractivity contribution is 8.18. The number of nitrogens with zero attached hydrogens (tertiary/aromatic N) is 3. The minimum absolute atomic E-state index is 0.311. The lowest BCUT2D eigenvalue weighted by Gasteiger charge is -2.01. The van der Waals surface area contributed by atoms with E-state index in [9.17, 15) is 9.18 Å². The van der Waals surface area contributed by atoms with Crippen LogP contribution in [0.4, 0.5) is 9.52 Å². The summed E-state index contributed by atoms with van der Waals surface area (Å²) in [6.45, 7) is 0. The van der Waals surface area contributed by atoms with Crippen LogP contribution in [0.25, 0.3) is 16.6 Å². The summed E-state index contributed by atoms with van der Waals surface area (Å²) >= 11 is 14.6. The molecule has 3 aromatic rings. The molecule has 0 radical (unpaired) electrons. The van der Waals surface area contributed by atoms with Crippen LogP contribution in [0.1, 0.15) is 5.56 Å². The molecule has 28 heavy (non-hydrogen) atoms. The first-order valence-electron chi connectivity index (χ1n) is 7.82. The van der Waals surface area contributed by atoms with Crippen LogP contribution in [0, 0.1) is 5.82 Å². The van der Waals surface area contributed by atoms with Crippen molar-refractivity contribution in [3.8, 4) is 10.6 Å². The molecule has 0 bridgehead atoms. The Morgan fingerprint density at radius 2 is 1.86 bits per heavy atom. The minimum atomic E-state index is -0.354. The van der Waals surface area contributed by atoms with E-state index >= 15 is 0 Å². The van der Waals surface area contributed by atoms with E-state index < -0.39 is 0 Å². The molecule has 1 fully saturated rings. The number of rotatable bonds is 3. The van der Waals surface area contributed by atoms with Gasteiger partial charge in [-0.25, -0.2) is 4.39 Å². The van der Waals surface area contributed by atoms with Gasteiger partial charge in [-0.3, -0.25) is 4.79 Å². The summed E-state index contributed by atoms with van der Waals surface area (Å²) < 4.78 is 13.4. The number of amidine groups is 1. The topological polar surface area (TPSA) is 67.2 Å². The monoisotopic (exact) mass is 450 g/mol. The molecular weight excluding hydrogens is 442 g/mol. The van der Waals surface area contributed by atoms with E-state index in [1.165, 1.54) is 23.5 Å². The number of carbonyl (C=O) groups excluding carboxylic acids is 1. The standard InChI is InChI=1S/C18H9Cl2FN4OS2/c19-12-5-2-6-13(20)11(12)8-14-15(26)22-17(27-14)23-18-25-24-16(28-18)9-3-1-4-10(21)7-9/h1-8H,(H,22,23,25,26)/b14-8-. The number of thioether (sulfide) groups is 1. The zero-order valence-corrected chi connectivity index (χ0v) is 17.0. The van der Waals surface area contributed by atoms with Crippen molar-refractivity contribution in [2.45, 2.75) is 0 Å². The van der Waals surface area contributed by atoms with E-state index in [4.69, 9.17) is 23.2 Å². The molecule has 4 rings (SSSR count). The maximum absolute atomic E-state index is 13.4. The van der Waals surface area contributed by atoms with Gasteiger partial charge in [0.1, 0.15) is 10.8 Å². The van der Waals surface area contributed by atoms with Gasteiger partial charge in [0.25, 0.3) is 5.91 Å². The van der Waals surface area contributed by atoms with Crippen LogP contribution in [0.15, 0.2) is 52.4 Å². The number of aliphatic imine (C=N–C) groups is 1. The fourth-order valence-corrected chi connectivity index (χ4v) is 4.43. The van der Waals surface area contributed by atoms with Crippen LogP contribution < -0.4 is 5.32 Å². The van der Waals surface area contributed by atoms with Gasteiger partial charge in [0, 0.05) is 21.2 Å². The Labute approximate surface area is 177 Å². The van der Waals surface area contributed by atoms with Crippen LogP contribution in [-0.4, -0.2) is 21.3 Å². The number of nitrogens with one attached hydrogen (secondary N) is 1. The molecule has 0 atom stereocenters. The van der Waals surface area contributed by atoms with Gasteiger partial charge in [-0.05, 0) is 42.1 Å². The molecule has 1 aliphatic rings. The van der Waals surface area contributed by atoms with E-state index in [1.54, 1.807) is 36.4 Å². The number of benzene rings is 2. The highest BCUT2D eigenvalue weighted by atomic mass is 35.5. The lowest BCUT2D eigenvalue weighted by Crippen LogP contribution is -2.19. The average Bonchev–Trinajstić information content (AvgIpc) is 3.25. The summed E-state index contributed by atoms with van der Waals surface area (Å²) in [6.07, 6.45) is 1.62. The van der Waals surface area contributed by atoms with Crippen molar-refractivity contribution in [3.63, 3.8) is 0 Å². The van der Waals surface area contributed by atoms with Gasteiger partial charge in [0.2, 0.25) is 5.13 Å². The van der Waals surface area contributed by atoms with Crippen LogP contribution in [0.2, 0.25) is 10.0 Å². The van der Waals surface area contributed by atoms with E-state index in [-0.39, 0.29) is 11.7 Å². The van der Waals surface area contributed by atoms with Crippen molar-refractivity contribution in [1.29, 1.82) is 0 Å². The first-order chi connectivity index (χ1) is 13.5. The molecule has 1 amide bonds. The Balaban J connectivity index is 1.58. The van der Waals surface area contributed by atoms with Gasteiger partial charge in [0.15, 0.2) is 5.17 Å². The third-order valence-corrected chi connectivity index (χ3v) is 6.04. The highest BCUT2D eigenvalue weighted by Gasteiger charge is 2.25. The van der Waals surface area contributed by atoms with E-state index in [2.05, 4.69) is 20.5 Å². The second-order valence-corrected chi connectivity index (χ2v) is 8.32. The second-order valence-electron chi connectivity index (χ2n) is 5.52. The molecule has 2 aromatic carbocycles. The Hall–Kier alpha value is -2.26. The van der Waals surface area contributed by atoms with Gasteiger partial charge in [-0.1, -0.05) is 52.7 Å². The zero-order chi connectivity index (χ0) is 19.7. The van der Waals surface area contributed by atoms with Crippen LogP contribution in [0.5, 0.6) is 0 Å². The lowest BCUT2D eigenvalue weighted by molar-refractivity contribution is -0.115. The van der Waals surface area contributed by atoms with Crippen molar-refractivity contribution < 1.29 is 9.18 Å². The summed E-state index contributed by atoms with van der Waals surface area (Å²) in [5.41, 5.74) is 1.18. The van der Waals surface area contributed by atoms with E-state index in [0.29, 0.717) is 41.4 Å². The Morgan fingerprint density at radius 1 is 1.11 bits per heavy atom. The SMILES string of the molecule is O=C1N/C(=N\c2nnc(-c3cccc(F)c3)s2)S/C1=C\c1c(Cl)cccc1Cl. The maximum Gasteiger partial charge on any atom is 0.264 e. The second kappa shape index (κ2) is 8.00. The number of aromatic nitrogens is 2. The fourth-order valence-electron chi connectivity index (χ4n) is 2.35. The van der Waals surface area contributed by atoms with Gasteiger partial charge in [-0.15, -0.1) is 10.2 Å². The van der Waals surface area contributed by atoms with Crippen molar-refractivity contribution in [3.05, 3.63) is 68.8 Å². The Morgan fingerprint density at radius 3 is 2.61 bits per heavy atom. The van der Waals surface area contributed by atoms with Crippen LogP contribution in [0.3, 0.4) is 0 Å². The number of halogens is 3. The van der Waals surface area contributed by atoms with Crippen LogP contribution >= 0.6 is 46.3 Å². The third kappa shape index (κ3) is 4.10. The predicted octanol–water partition coefficient (Wildman–Crippen LogP) is 5.54. The molecule has 0 spiro atoms. The van der Waals surface area contributed by atoms with E-state index in [1.807, 2.05) is 0 Å². The molecule has 0 saturated carbocycles. The molecule has 0 unspecified atom stereocenters. The van der Waals surface area contributed by atoms with Crippen molar-refractivity contribution in [2.24, 2.45) is 4.99 Å². The van der Waals surface area contributed by atoms with Gasteiger partial charge < -0.3 is 5.32 Å². The van der Waals surface area contributed by atoms with Crippen LogP contribution in [-0.2, 0) is 4.79 Å². The summed E-state index contributed by atoms with van der Waals surface area (Å²) in [4.78, 5) is 16.9. The molecule has 5 nitrogen and oxygen atoms in total. The minimum Gasteiger partial charge on any atom is -0.300 e. The smallest absolute Gasteiger partial charge is 0.264 e. The average molecular weight is 451 g/mol. The van der Waals surface area contributed by atoms with Gasteiger partial charge >= 0.3 is 0 Å². The maximum atomic E-state index is 13.4. The molecule has 0 aliphatic carbocycles. The summed E-state index contributed by atoms with van der Waals surface area (Å²) in [6, 6.07) is 11.2. The molecule has 1 N–H and O–H groups in total. The van der Waals surface area contributed by atoms with Gasteiger partial charge in [0.05, 0.1) is 4.91 Å². The van der Waals surface area contributed by atoms with Crippen molar-refractivity contribution in [2.75, 3.05) is 0 Å². The predicted molar refractivity (Wildman–Crippen MR) is 113 cm³/mol. The molecular formula is C18H9Cl2FN4OS2. The molecule has 1 aliphatic heterocycles. The molecule has 140 valence electrons. The number of amides is 1. The number of hydrogen-bond acceptors (Lipinski definition) is 6. The Kier molecular flexibility index (Phi) is 5.45. The normalized spacial score (nSPS) is 16.8.